The third-order valence-corrected chi connectivity index (χ3v) is 5.70. The number of aryl methyl sites for hydroxylation is 2. The standard InChI is InChI=1S/C21H25N3O4S/c1-3-5-12-24-19-11-10-17(29(22,26)27)13-18(19)23-20(24)14-28-21(25)16-8-6-15(4-2)7-9-16/h6-11,13H,3-5,12,14H2,1-2H3,(H2,22,26,27). The van der Waals surface area contributed by atoms with Crippen LogP contribution in [0.15, 0.2) is 47.4 Å². The average molecular weight is 416 g/mol. The number of hydrogen-bond acceptors (Lipinski definition) is 5. The number of carbonyl (C=O) groups excluding carboxylic acids is 1. The minimum absolute atomic E-state index is 0.00251. The lowest BCUT2D eigenvalue weighted by Gasteiger charge is -2.09. The fraction of sp³-hybridized carbons (Fsp3) is 0.333. The highest BCUT2D eigenvalue weighted by molar-refractivity contribution is 7.89. The highest BCUT2D eigenvalue weighted by Crippen LogP contribution is 2.21. The molecule has 0 saturated carbocycles. The van der Waals surface area contributed by atoms with Crippen molar-refractivity contribution in [3.05, 3.63) is 59.4 Å². The van der Waals surface area contributed by atoms with Crippen LogP contribution in [0, 0.1) is 0 Å². The van der Waals surface area contributed by atoms with Crippen molar-refractivity contribution >= 4 is 27.0 Å². The lowest BCUT2D eigenvalue weighted by molar-refractivity contribution is 0.0458. The summed E-state index contributed by atoms with van der Waals surface area (Å²) in [5.74, 6) is 0.144. The molecule has 0 atom stereocenters. The Morgan fingerprint density at radius 1 is 1.14 bits per heavy atom. The quantitative estimate of drug-likeness (QED) is 0.568. The predicted molar refractivity (Wildman–Crippen MR) is 111 cm³/mol. The molecule has 29 heavy (non-hydrogen) atoms. The van der Waals surface area contributed by atoms with Crippen LogP contribution in [0.25, 0.3) is 11.0 Å². The summed E-state index contributed by atoms with van der Waals surface area (Å²) >= 11 is 0. The second kappa shape index (κ2) is 8.75. The van der Waals surface area contributed by atoms with Gasteiger partial charge in [0.25, 0.3) is 0 Å². The first-order valence-electron chi connectivity index (χ1n) is 9.61. The Balaban J connectivity index is 1.87. The molecule has 3 aromatic rings. The van der Waals surface area contributed by atoms with Gasteiger partial charge in [0.05, 0.1) is 21.5 Å². The number of imidazole rings is 1. The van der Waals surface area contributed by atoms with Crippen LogP contribution in [0.5, 0.6) is 0 Å². The van der Waals surface area contributed by atoms with E-state index in [1.54, 1.807) is 18.2 Å². The molecule has 0 spiro atoms. The lowest BCUT2D eigenvalue weighted by Crippen LogP contribution is -2.12. The first kappa shape index (κ1) is 21.0. The topological polar surface area (TPSA) is 104 Å². The molecule has 0 aliphatic heterocycles. The molecule has 7 nitrogen and oxygen atoms in total. The van der Waals surface area contributed by atoms with Gasteiger partial charge in [-0.25, -0.2) is 23.3 Å². The van der Waals surface area contributed by atoms with E-state index in [0.717, 1.165) is 30.3 Å². The lowest BCUT2D eigenvalue weighted by atomic mass is 10.1. The molecule has 154 valence electrons. The molecule has 0 amide bonds. The third-order valence-electron chi connectivity index (χ3n) is 4.79. The molecule has 2 N–H and O–H groups in total. The van der Waals surface area contributed by atoms with Gasteiger partial charge in [-0.3, -0.25) is 0 Å². The summed E-state index contributed by atoms with van der Waals surface area (Å²) < 4.78 is 30.7. The number of carbonyl (C=O) groups is 1. The monoisotopic (exact) mass is 415 g/mol. The van der Waals surface area contributed by atoms with Gasteiger partial charge in [-0.15, -0.1) is 0 Å². The number of aromatic nitrogens is 2. The Labute approximate surface area is 170 Å². The number of primary sulfonamides is 1. The maximum absolute atomic E-state index is 12.4. The number of nitrogens with zero attached hydrogens (tertiary/aromatic N) is 2. The highest BCUT2D eigenvalue weighted by atomic mass is 32.2. The zero-order valence-corrected chi connectivity index (χ0v) is 17.4. The van der Waals surface area contributed by atoms with E-state index < -0.39 is 16.0 Å². The molecule has 8 heteroatoms. The van der Waals surface area contributed by atoms with E-state index in [2.05, 4.69) is 18.8 Å². The van der Waals surface area contributed by atoms with E-state index in [-0.39, 0.29) is 11.5 Å². The molecule has 0 aliphatic rings. The second-order valence-corrected chi connectivity index (χ2v) is 8.42. The van der Waals surface area contributed by atoms with E-state index in [9.17, 15) is 13.2 Å². The smallest absolute Gasteiger partial charge is 0.338 e. The van der Waals surface area contributed by atoms with Crippen molar-refractivity contribution in [1.29, 1.82) is 0 Å². The van der Waals surface area contributed by atoms with Crippen molar-refractivity contribution in [2.45, 2.75) is 51.2 Å². The maximum Gasteiger partial charge on any atom is 0.338 e. The van der Waals surface area contributed by atoms with E-state index >= 15 is 0 Å². The molecular weight excluding hydrogens is 390 g/mol. The molecule has 0 bridgehead atoms. The molecule has 0 aliphatic carbocycles. The predicted octanol–water partition coefficient (Wildman–Crippen LogP) is 3.40. The number of fused-ring (bicyclic) bond motifs is 1. The molecule has 0 fully saturated rings. The van der Waals surface area contributed by atoms with Crippen LogP contribution in [0.3, 0.4) is 0 Å². The Morgan fingerprint density at radius 2 is 1.86 bits per heavy atom. The number of rotatable bonds is 8. The first-order chi connectivity index (χ1) is 13.8. The van der Waals surface area contributed by atoms with Crippen LogP contribution < -0.4 is 5.14 Å². The van der Waals surface area contributed by atoms with Gasteiger partial charge in [-0.1, -0.05) is 32.4 Å². The van der Waals surface area contributed by atoms with Gasteiger partial charge < -0.3 is 9.30 Å². The van der Waals surface area contributed by atoms with Crippen LogP contribution in [0.2, 0.25) is 0 Å². The number of unbranched alkanes of at least 4 members (excludes halogenated alkanes) is 1. The Bertz CT molecular complexity index is 1120. The number of sulfonamides is 1. The summed E-state index contributed by atoms with van der Waals surface area (Å²) in [7, 11) is -3.82. The Morgan fingerprint density at radius 3 is 2.48 bits per heavy atom. The summed E-state index contributed by atoms with van der Waals surface area (Å²) in [6.07, 6.45) is 2.80. The molecule has 0 unspecified atom stereocenters. The molecule has 2 aromatic carbocycles. The van der Waals surface area contributed by atoms with E-state index in [0.29, 0.717) is 23.4 Å². The van der Waals surface area contributed by atoms with Gasteiger partial charge in [0, 0.05) is 6.54 Å². The summed E-state index contributed by atoms with van der Waals surface area (Å²) in [5.41, 5.74) is 2.92. The molecule has 1 heterocycles. The van der Waals surface area contributed by atoms with Crippen LogP contribution >= 0.6 is 0 Å². The van der Waals surface area contributed by atoms with Crippen molar-refractivity contribution in [1.82, 2.24) is 9.55 Å². The van der Waals surface area contributed by atoms with Crippen LogP contribution in [-0.2, 0) is 34.3 Å². The second-order valence-electron chi connectivity index (χ2n) is 6.86. The van der Waals surface area contributed by atoms with E-state index in [4.69, 9.17) is 9.88 Å². The fourth-order valence-corrected chi connectivity index (χ4v) is 3.64. The van der Waals surface area contributed by atoms with Crippen LogP contribution in [-0.4, -0.2) is 23.9 Å². The number of hydrogen-bond donors (Lipinski definition) is 1. The number of benzene rings is 2. The fourth-order valence-electron chi connectivity index (χ4n) is 3.10. The molecule has 0 radical (unpaired) electrons. The van der Waals surface area contributed by atoms with Gasteiger partial charge in [-0.2, -0.15) is 0 Å². The van der Waals surface area contributed by atoms with Crippen molar-refractivity contribution < 1.29 is 17.9 Å². The summed E-state index contributed by atoms with van der Waals surface area (Å²) in [6, 6.07) is 11.9. The van der Waals surface area contributed by atoms with Crippen molar-refractivity contribution in [2.75, 3.05) is 0 Å². The molecule has 1 aromatic heterocycles. The number of nitrogens with two attached hydrogens (primary N) is 1. The summed E-state index contributed by atoms with van der Waals surface area (Å²) in [5, 5.41) is 5.22. The number of esters is 1. The number of ether oxygens (including phenoxy) is 1. The SMILES string of the molecule is CCCCn1c(COC(=O)c2ccc(CC)cc2)nc2cc(S(N)(=O)=O)ccc21. The minimum Gasteiger partial charge on any atom is -0.454 e. The largest absolute Gasteiger partial charge is 0.454 e. The van der Waals surface area contributed by atoms with E-state index in [1.165, 1.54) is 12.1 Å². The third kappa shape index (κ3) is 4.83. The van der Waals surface area contributed by atoms with Gasteiger partial charge >= 0.3 is 5.97 Å². The van der Waals surface area contributed by atoms with Crippen molar-refractivity contribution in [3.63, 3.8) is 0 Å². The van der Waals surface area contributed by atoms with Gasteiger partial charge in [0.15, 0.2) is 0 Å². The zero-order valence-electron chi connectivity index (χ0n) is 16.6. The van der Waals surface area contributed by atoms with E-state index in [1.807, 2.05) is 16.7 Å². The Hall–Kier alpha value is -2.71. The highest BCUT2D eigenvalue weighted by Gasteiger charge is 2.16. The summed E-state index contributed by atoms with van der Waals surface area (Å²) in [4.78, 5) is 16.9. The van der Waals surface area contributed by atoms with Crippen molar-refractivity contribution in [2.24, 2.45) is 5.14 Å². The molecule has 3 rings (SSSR count). The normalized spacial score (nSPS) is 11.7. The summed E-state index contributed by atoms with van der Waals surface area (Å²) in [6.45, 7) is 4.82. The zero-order chi connectivity index (χ0) is 21.0. The van der Waals surface area contributed by atoms with Gasteiger partial charge in [0.2, 0.25) is 10.0 Å². The van der Waals surface area contributed by atoms with Crippen LogP contribution in [0.4, 0.5) is 0 Å². The first-order valence-corrected chi connectivity index (χ1v) is 11.2. The van der Waals surface area contributed by atoms with Crippen molar-refractivity contribution in [3.8, 4) is 0 Å². The van der Waals surface area contributed by atoms with Crippen LogP contribution in [0.1, 0.15) is 48.4 Å². The van der Waals surface area contributed by atoms with Gasteiger partial charge in [-0.05, 0) is 48.7 Å². The molecular formula is C21H25N3O4S. The molecule has 0 saturated heterocycles. The minimum atomic E-state index is -3.82. The van der Waals surface area contributed by atoms with Gasteiger partial charge in [0.1, 0.15) is 12.4 Å². The average Bonchev–Trinajstić information content (AvgIpc) is 3.06. The maximum atomic E-state index is 12.4. The Kier molecular flexibility index (Phi) is 6.34.